The molecule has 150 valence electrons. The third kappa shape index (κ3) is 4.17. The SMILES string of the molecule is CC(C)[C@@H]1CN2C[C@H](NC(=O)c3cn(C4CCC(N)CC4)nn3)C[C@H]2CO1. The van der Waals surface area contributed by atoms with E-state index >= 15 is 0 Å². The molecule has 1 aromatic rings. The van der Waals surface area contributed by atoms with Gasteiger partial charge in [-0.15, -0.1) is 5.10 Å². The molecule has 2 saturated heterocycles. The molecular formula is C19H32N6O2. The quantitative estimate of drug-likeness (QED) is 0.812. The number of nitrogens with two attached hydrogens (primary N) is 1. The van der Waals surface area contributed by atoms with Crippen molar-refractivity contribution in [2.24, 2.45) is 11.7 Å². The molecule has 3 atom stereocenters. The van der Waals surface area contributed by atoms with Gasteiger partial charge in [0.2, 0.25) is 0 Å². The van der Waals surface area contributed by atoms with E-state index in [4.69, 9.17) is 10.5 Å². The molecule has 27 heavy (non-hydrogen) atoms. The molecule has 8 nitrogen and oxygen atoms in total. The van der Waals surface area contributed by atoms with Crippen molar-refractivity contribution in [1.29, 1.82) is 0 Å². The second-order valence-corrected chi connectivity index (χ2v) is 8.78. The Labute approximate surface area is 160 Å². The van der Waals surface area contributed by atoms with Gasteiger partial charge in [0.25, 0.3) is 5.91 Å². The number of hydrogen-bond donors (Lipinski definition) is 2. The van der Waals surface area contributed by atoms with Crippen molar-refractivity contribution in [1.82, 2.24) is 25.2 Å². The van der Waals surface area contributed by atoms with Crippen molar-refractivity contribution in [3.63, 3.8) is 0 Å². The summed E-state index contributed by atoms with van der Waals surface area (Å²) in [5.41, 5.74) is 6.38. The van der Waals surface area contributed by atoms with Crippen LogP contribution in [-0.2, 0) is 4.74 Å². The average molecular weight is 377 g/mol. The number of morpholine rings is 1. The molecule has 0 radical (unpaired) electrons. The summed E-state index contributed by atoms with van der Waals surface area (Å²) < 4.78 is 7.83. The third-order valence-electron chi connectivity index (χ3n) is 6.38. The molecule has 0 aromatic carbocycles. The molecule has 0 spiro atoms. The van der Waals surface area contributed by atoms with Gasteiger partial charge in [-0.05, 0) is 38.0 Å². The second-order valence-electron chi connectivity index (χ2n) is 8.78. The maximum Gasteiger partial charge on any atom is 0.273 e. The molecule has 3 heterocycles. The molecule has 4 rings (SSSR count). The Balaban J connectivity index is 1.31. The Bertz CT molecular complexity index is 654. The maximum atomic E-state index is 12.6. The van der Waals surface area contributed by atoms with Gasteiger partial charge in [0, 0.05) is 31.2 Å². The van der Waals surface area contributed by atoms with Gasteiger partial charge < -0.3 is 15.8 Å². The molecule has 0 unspecified atom stereocenters. The monoisotopic (exact) mass is 376 g/mol. The number of fused-ring (bicyclic) bond motifs is 1. The zero-order chi connectivity index (χ0) is 19.0. The van der Waals surface area contributed by atoms with Gasteiger partial charge in [0.05, 0.1) is 24.9 Å². The Morgan fingerprint density at radius 2 is 2.04 bits per heavy atom. The maximum absolute atomic E-state index is 12.6. The molecule has 1 saturated carbocycles. The smallest absolute Gasteiger partial charge is 0.273 e. The van der Waals surface area contributed by atoms with Crippen LogP contribution in [0.3, 0.4) is 0 Å². The first-order chi connectivity index (χ1) is 13.0. The van der Waals surface area contributed by atoms with E-state index < -0.39 is 0 Å². The van der Waals surface area contributed by atoms with Gasteiger partial charge in [0.1, 0.15) is 0 Å². The van der Waals surface area contributed by atoms with Crippen molar-refractivity contribution >= 4 is 5.91 Å². The number of carbonyl (C=O) groups is 1. The fraction of sp³-hybridized carbons (Fsp3) is 0.842. The van der Waals surface area contributed by atoms with Crippen molar-refractivity contribution < 1.29 is 9.53 Å². The standard InChI is InChI=1S/C19H32N6O2/c1-12(2)18-10-24-8-14(7-16(24)11-27-18)21-19(26)17-9-25(23-22-17)15-5-3-13(20)4-6-15/h9,12-16,18H,3-8,10-11,20H2,1-2H3,(H,21,26)/t13?,14-,15?,16+,18+/m1/s1. The fourth-order valence-corrected chi connectivity index (χ4v) is 4.59. The summed E-state index contributed by atoms with van der Waals surface area (Å²) in [5.74, 6) is 0.393. The normalized spacial score (nSPS) is 34.6. The highest BCUT2D eigenvalue weighted by molar-refractivity contribution is 5.92. The fourth-order valence-electron chi connectivity index (χ4n) is 4.59. The largest absolute Gasteiger partial charge is 0.375 e. The van der Waals surface area contributed by atoms with E-state index in [0.29, 0.717) is 35.8 Å². The number of carbonyl (C=O) groups excluding carboxylic acids is 1. The van der Waals surface area contributed by atoms with Gasteiger partial charge in [-0.25, -0.2) is 4.68 Å². The highest BCUT2D eigenvalue weighted by Gasteiger charge is 2.38. The predicted octanol–water partition coefficient (Wildman–Crippen LogP) is 0.948. The highest BCUT2D eigenvalue weighted by Crippen LogP contribution is 2.27. The summed E-state index contributed by atoms with van der Waals surface area (Å²) in [6.07, 6.45) is 7.03. The molecule has 3 aliphatic rings. The lowest BCUT2D eigenvalue weighted by Crippen LogP contribution is -2.48. The van der Waals surface area contributed by atoms with Gasteiger partial charge in [0.15, 0.2) is 5.69 Å². The first-order valence-electron chi connectivity index (χ1n) is 10.3. The molecule has 2 aliphatic heterocycles. The van der Waals surface area contributed by atoms with Crippen LogP contribution in [0.1, 0.15) is 62.5 Å². The van der Waals surface area contributed by atoms with Crippen LogP contribution >= 0.6 is 0 Å². The summed E-state index contributed by atoms with van der Waals surface area (Å²) >= 11 is 0. The van der Waals surface area contributed by atoms with Crippen LogP contribution in [0.25, 0.3) is 0 Å². The van der Waals surface area contributed by atoms with Crippen LogP contribution in [0, 0.1) is 5.92 Å². The van der Waals surface area contributed by atoms with Gasteiger partial charge >= 0.3 is 0 Å². The number of ether oxygens (including phenoxy) is 1. The van der Waals surface area contributed by atoms with E-state index in [0.717, 1.165) is 51.8 Å². The van der Waals surface area contributed by atoms with E-state index in [2.05, 4.69) is 34.4 Å². The first-order valence-corrected chi connectivity index (χ1v) is 10.3. The molecule has 3 fully saturated rings. The number of rotatable bonds is 4. The summed E-state index contributed by atoms with van der Waals surface area (Å²) in [4.78, 5) is 15.1. The minimum Gasteiger partial charge on any atom is -0.375 e. The zero-order valence-electron chi connectivity index (χ0n) is 16.4. The van der Waals surface area contributed by atoms with Crippen molar-refractivity contribution in [2.45, 2.75) is 76.2 Å². The predicted molar refractivity (Wildman–Crippen MR) is 101 cm³/mol. The van der Waals surface area contributed by atoms with E-state index in [-0.39, 0.29) is 11.9 Å². The molecule has 0 bridgehead atoms. The van der Waals surface area contributed by atoms with Crippen LogP contribution in [-0.4, -0.2) is 69.7 Å². The Kier molecular flexibility index (Phi) is 5.48. The Hall–Kier alpha value is -1.51. The van der Waals surface area contributed by atoms with Crippen LogP contribution in [0.5, 0.6) is 0 Å². The minimum absolute atomic E-state index is 0.125. The Morgan fingerprint density at radius 1 is 1.26 bits per heavy atom. The van der Waals surface area contributed by atoms with E-state index in [1.54, 1.807) is 6.20 Å². The average Bonchev–Trinajstić information content (AvgIpc) is 3.28. The van der Waals surface area contributed by atoms with Gasteiger partial charge in [-0.2, -0.15) is 0 Å². The van der Waals surface area contributed by atoms with Crippen molar-refractivity contribution in [3.8, 4) is 0 Å². The lowest BCUT2D eigenvalue weighted by atomic mass is 9.92. The van der Waals surface area contributed by atoms with Crippen molar-refractivity contribution in [2.75, 3.05) is 19.7 Å². The van der Waals surface area contributed by atoms with Crippen LogP contribution in [0.15, 0.2) is 6.20 Å². The number of nitrogens with zero attached hydrogens (tertiary/aromatic N) is 4. The summed E-state index contributed by atoms with van der Waals surface area (Å²) in [6.45, 7) is 6.99. The van der Waals surface area contributed by atoms with Crippen LogP contribution < -0.4 is 11.1 Å². The number of amides is 1. The summed E-state index contributed by atoms with van der Waals surface area (Å²) in [5, 5.41) is 11.5. The van der Waals surface area contributed by atoms with E-state index in [9.17, 15) is 4.79 Å². The topological polar surface area (TPSA) is 98.3 Å². The molecular weight excluding hydrogens is 344 g/mol. The number of aromatic nitrogens is 3. The number of nitrogens with one attached hydrogen (secondary N) is 1. The molecule has 1 aliphatic carbocycles. The van der Waals surface area contributed by atoms with E-state index in [1.165, 1.54) is 0 Å². The molecule has 8 heteroatoms. The Morgan fingerprint density at radius 3 is 2.78 bits per heavy atom. The van der Waals surface area contributed by atoms with Gasteiger partial charge in [-0.3, -0.25) is 9.69 Å². The van der Waals surface area contributed by atoms with Crippen LogP contribution in [0.2, 0.25) is 0 Å². The molecule has 1 aromatic heterocycles. The summed E-state index contributed by atoms with van der Waals surface area (Å²) in [7, 11) is 0. The second kappa shape index (κ2) is 7.85. The highest BCUT2D eigenvalue weighted by atomic mass is 16.5. The summed E-state index contributed by atoms with van der Waals surface area (Å²) in [6, 6.07) is 1.17. The number of hydrogen-bond acceptors (Lipinski definition) is 6. The first kappa shape index (κ1) is 18.8. The minimum atomic E-state index is -0.125. The van der Waals surface area contributed by atoms with Gasteiger partial charge in [-0.1, -0.05) is 19.1 Å². The molecule has 1 amide bonds. The third-order valence-corrected chi connectivity index (χ3v) is 6.38. The van der Waals surface area contributed by atoms with Crippen LogP contribution in [0.4, 0.5) is 0 Å². The zero-order valence-corrected chi connectivity index (χ0v) is 16.4. The van der Waals surface area contributed by atoms with Crippen molar-refractivity contribution in [3.05, 3.63) is 11.9 Å². The van der Waals surface area contributed by atoms with E-state index in [1.807, 2.05) is 4.68 Å². The lowest BCUT2D eigenvalue weighted by Gasteiger charge is -2.36. The molecule has 3 N–H and O–H groups in total. The lowest BCUT2D eigenvalue weighted by molar-refractivity contribution is -0.0683.